The molecule has 4 heteroatoms. The molecule has 0 aliphatic carbocycles. The van der Waals surface area contributed by atoms with Crippen molar-refractivity contribution in [1.82, 2.24) is 9.88 Å². The third-order valence-electron chi connectivity index (χ3n) is 3.73. The predicted molar refractivity (Wildman–Crippen MR) is 77.3 cm³/mol. The summed E-state index contributed by atoms with van der Waals surface area (Å²) in [6.07, 6.45) is 1.22. The fraction of sp³-hybridized carbons (Fsp3) is 0.600. The molecule has 2 rings (SSSR count). The van der Waals surface area contributed by atoms with Crippen LogP contribution in [0, 0.1) is 31.1 Å². The van der Waals surface area contributed by atoms with Gasteiger partial charge in [0.2, 0.25) is 0 Å². The lowest BCUT2D eigenvalue weighted by Crippen LogP contribution is -2.26. The highest BCUT2D eigenvalue weighted by atomic mass is 15.2. The zero-order chi connectivity index (χ0) is 14.0. The molecule has 0 spiro atoms. The fourth-order valence-electron chi connectivity index (χ4n) is 2.85. The molecule has 1 aliphatic rings. The summed E-state index contributed by atoms with van der Waals surface area (Å²) < 4.78 is 0. The Morgan fingerprint density at radius 3 is 2.79 bits per heavy atom. The number of hydrogen-bond donors (Lipinski definition) is 0. The summed E-state index contributed by atoms with van der Waals surface area (Å²) in [4.78, 5) is 9.18. The van der Waals surface area contributed by atoms with Gasteiger partial charge in [0.05, 0.1) is 11.3 Å². The molecule has 2 heterocycles. The average Bonchev–Trinajstić information content (AvgIpc) is 2.76. The van der Waals surface area contributed by atoms with Crippen LogP contribution in [0.1, 0.15) is 23.2 Å². The van der Waals surface area contributed by atoms with Crippen LogP contribution in [0.4, 0.5) is 5.82 Å². The minimum atomic E-state index is 0.716. The smallest absolute Gasteiger partial charge is 0.129 e. The first-order valence-electron chi connectivity index (χ1n) is 6.79. The molecule has 1 saturated heterocycles. The summed E-state index contributed by atoms with van der Waals surface area (Å²) in [5, 5.41) is 9.09. The third kappa shape index (κ3) is 3.05. The van der Waals surface area contributed by atoms with E-state index < -0.39 is 0 Å². The van der Waals surface area contributed by atoms with E-state index in [0.717, 1.165) is 36.7 Å². The molecule has 1 aromatic heterocycles. The van der Waals surface area contributed by atoms with Crippen molar-refractivity contribution in [3.8, 4) is 6.07 Å². The van der Waals surface area contributed by atoms with Crippen LogP contribution >= 0.6 is 0 Å². The largest absolute Gasteiger partial charge is 0.356 e. The first kappa shape index (κ1) is 13.8. The quantitative estimate of drug-likeness (QED) is 0.831. The van der Waals surface area contributed by atoms with E-state index in [4.69, 9.17) is 5.26 Å². The summed E-state index contributed by atoms with van der Waals surface area (Å²) in [5.74, 6) is 1.74. The highest BCUT2D eigenvalue weighted by molar-refractivity contribution is 5.50. The van der Waals surface area contributed by atoms with Gasteiger partial charge in [-0.25, -0.2) is 4.98 Å². The monoisotopic (exact) mass is 258 g/mol. The van der Waals surface area contributed by atoms with Crippen molar-refractivity contribution in [2.75, 3.05) is 38.6 Å². The third-order valence-corrected chi connectivity index (χ3v) is 3.73. The van der Waals surface area contributed by atoms with E-state index in [9.17, 15) is 0 Å². The number of nitrogens with zero attached hydrogens (tertiary/aromatic N) is 4. The fourth-order valence-corrected chi connectivity index (χ4v) is 2.85. The molecule has 1 atom stereocenters. The van der Waals surface area contributed by atoms with Crippen LogP contribution in [-0.2, 0) is 0 Å². The van der Waals surface area contributed by atoms with Crippen LogP contribution in [-0.4, -0.2) is 43.6 Å². The second kappa shape index (κ2) is 5.58. The number of nitriles is 1. The van der Waals surface area contributed by atoms with Crippen molar-refractivity contribution >= 4 is 5.82 Å². The zero-order valence-corrected chi connectivity index (χ0v) is 12.3. The minimum Gasteiger partial charge on any atom is -0.356 e. The lowest BCUT2D eigenvalue weighted by molar-refractivity contribution is 0.340. The van der Waals surface area contributed by atoms with E-state index in [-0.39, 0.29) is 0 Å². The van der Waals surface area contributed by atoms with Gasteiger partial charge in [0.15, 0.2) is 0 Å². The number of anilines is 1. The van der Waals surface area contributed by atoms with Crippen molar-refractivity contribution in [3.05, 3.63) is 22.9 Å². The number of rotatable bonds is 3. The Morgan fingerprint density at radius 1 is 1.47 bits per heavy atom. The molecule has 0 N–H and O–H groups in total. The summed E-state index contributed by atoms with van der Waals surface area (Å²) in [6.45, 7) is 7.17. The van der Waals surface area contributed by atoms with Gasteiger partial charge in [-0.3, -0.25) is 0 Å². The van der Waals surface area contributed by atoms with Crippen molar-refractivity contribution < 1.29 is 0 Å². The van der Waals surface area contributed by atoms with Crippen LogP contribution in [0.15, 0.2) is 6.07 Å². The molecule has 19 heavy (non-hydrogen) atoms. The molecule has 102 valence electrons. The van der Waals surface area contributed by atoms with Crippen LogP contribution in [0.5, 0.6) is 0 Å². The molecule has 1 aromatic rings. The second-order valence-corrected chi connectivity index (χ2v) is 5.73. The van der Waals surface area contributed by atoms with E-state index in [1.807, 2.05) is 19.9 Å². The second-order valence-electron chi connectivity index (χ2n) is 5.73. The van der Waals surface area contributed by atoms with E-state index in [0.29, 0.717) is 11.5 Å². The zero-order valence-electron chi connectivity index (χ0n) is 12.3. The van der Waals surface area contributed by atoms with Gasteiger partial charge in [-0.05, 0) is 51.9 Å². The first-order valence-corrected chi connectivity index (χ1v) is 6.79. The molecule has 0 bridgehead atoms. The van der Waals surface area contributed by atoms with Gasteiger partial charge < -0.3 is 9.80 Å². The Morgan fingerprint density at radius 2 is 2.21 bits per heavy atom. The molecule has 1 aliphatic heterocycles. The summed E-state index contributed by atoms with van der Waals surface area (Å²) in [6, 6.07) is 4.27. The van der Waals surface area contributed by atoms with Crippen molar-refractivity contribution in [3.63, 3.8) is 0 Å². The highest BCUT2D eigenvalue weighted by Gasteiger charge is 2.24. The maximum absolute atomic E-state index is 9.09. The Bertz CT molecular complexity index is 478. The van der Waals surface area contributed by atoms with Crippen molar-refractivity contribution in [2.24, 2.45) is 5.92 Å². The molecule has 0 amide bonds. The standard InChI is InChI=1S/C15H22N4/c1-11-7-15(17-12(2)14(11)8-16)19-6-5-13(10-19)9-18(3)4/h7,13H,5-6,9-10H2,1-4H3. The van der Waals surface area contributed by atoms with Gasteiger partial charge >= 0.3 is 0 Å². The number of aryl methyl sites for hydroxylation is 2. The number of hydrogen-bond acceptors (Lipinski definition) is 4. The van der Waals surface area contributed by atoms with Crippen molar-refractivity contribution in [2.45, 2.75) is 20.3 Å². The van der Waals surface area contributed by atoms with Gasteiger partial charge in [0, 0.05) is 19.6 Å². The molecule has 1 fully saturated rings. The SMILES string of the molecule is Cc1cc(N2CCC(CN(C)C)C2)nc(C)c1C#N. The van der Waals surface area contributed by atoms with Crippen LogP contribution in [0.2, 0.25) is 0 Å². The highest BCUT2D eigenvalue weighted by Crippen LogP contribution is 2.25. The summed E-state index contributed by atoms with van der Waals surface area (Å²) >= 11 is 0. The maximum Gasteiger partial charge on any atom is 0.129 e. The van der Waals surface area contributed by atoms with Crippen molar-refractivity contribution in [1.29, 1.82) is 5.26 Å². The lowest BCUT2D eigenvalue weighted by Gasteiger charge is -2.20. The van der Waals surface area contributed by atoms with E-state index in [1.165, 1.54) is 6.42 Å². The molecule has 4 nitrogen and oxygen atoms in total. The lowest BCUT2D eigenvalue weighted by atomic mass is 10.1. The topological polar surface area (TPSA) is 43.2 Å². The molecule has 1 unspecified atom stereocenters. The van der Waals surface area contributed by atoms with E-state index in [1.54, 1.807) is 0 Å². The Labute approximate surface area is 115 Å². The Balaban J connectivity index is 2.14. The maximum atomic E-state index is 9.09. The van der Waals surface area contributed by atoms with Gasteiger partial charge in [0.1, 0.15) is 11.9 Å². The molecule has 0 saturated carbocycles. The normalized spacial score (nSPS) is 18.9. The first-order chi connectivity index (χ1) is 9.01. The Kier molecular flexibility index (Phi) is 4.06. The van der Waals surface area contributed by atoms with Crippen LogP contribution < -0.4 is 4.90 Å². The summed E-state index contributed by atoms with van der Waals surface area (Å²) in [5.41, 5.74) is 2.59. The molecule has 0 aromatic carbocycles. The number of aromatic nitrogens is 1. The summed E-state index contributed by atoms with van der Waals surface area (Å²) in [7, 11) is 4.24. The average molecular weight is 258 g/mol. The molecular weight excluding hydrogens is 236 g/mol. The number of pyridine rings is 1. The Hall–Kier alpha value is -1.60. The minimum absolute atomic E-state index is 0.716. The molecular formula is C15H22N4. The van der Waals surface area contributed by atoms with Crippen LogP contribution in [0.3, 0.4) is 0 Å². The van der Waals surface area contributed by atoms with Gasteiger partial charge in [-0.2, -0.15) is 5.26 Å². The van der Waals surface area contributed by atoms with Gasteiger partial charge in [-0.1, -0.05) is 0 Å². The van der Waals surface area contributed by atoms with Gasteiger partial charge in [0.25, 0.3) is 0 Å². The van der Waals surface area contributed by atoms with E-state index >= 15 is 0 Å². The molecule has 0 radical (unpaired) electrons. The van der Waals surface area contributed by atoms with Crippen LogP contribution in [0.25, 0.3) is 0 Å². The van der Waals surface area contributed by atoms with Gasteiger partial charge in [-0.15, -0.1) is 0 Å². The van der Waals surface area contributed by atoms with E-state index in [2.05, 4.69) is 34.9 Å². The predicted octanol–water partition coefficient (Wildman–Crippen LogP) is 1.96.